The molecule has 0 bridgehead atoms. The van der Waals surface area contributed by atoms with Crippen LogP contribution in [0.25, 0.3) is 10.4 Å². The molecular weight excluding hydrogens is 707 g/mol. The van der Waals surface area contributed by atoms with E-state index in [1.807, 2.05) is 6.07 Å². The van der Waals surface area contributed by atoms with Gasteiger partial charge in [0.1, 0.15) is 6.23 Å². The van der Waals surface area contributed by atoms with Crippen molar-refractivity contribution in [2.75, 3.05) is 13.2 Å². The number of fused-ring (bicyclic) bond motifs is 5. The molecule has 12 atom stereocenters. The van der Waals surface area contributed by atoms with Crippen LogP contribution in [0.2, 0.25) is 0 Å². The van der Waals surface area contributed by atoms with E-state index in [0.717, 1.165) is 36.5 Å². The van der Waals surface area contributed by atoms with E-state index in [0.29, 0.717) is 35.7 Å². The zero-order chi connectivity index (χ0) is 38.8. The van der Waals surface area contributed by atoms with Crippen LogP contribution in [-0.4, -0.2) is 41.0 Å². The van der Waals surface area contributed by atoms with Crippen molar-refractivity contribution in [1.29, 1.82) is 5.26 Å². The zero-order valence-corrected chi connectivity index (χ0v) is 34.0. The van der Waals surface area contributed by atoms with Crippen molar-refractivity contribution >= 4 is 7.82 Å². The number of nitrogens with one attached hydrogen (secondary N) is 1. The second kappa shape index (κ2) is 16.8. The molecule has 5 aliphatic rings. The topological polar surface area (TPSA) is 181 Å². The highest BCUT2D eigenvalue weighted by Crippen LogP contribution is 2.68. The minimum absolute atomic E-state index is 0.00314. The molecule has 4 fully saturated rings. The number of allylic oxidation sites excluding steroid dienone is 1. The van der Waals surface area contributed by atoms with Gasteiger partial charge in [-0.1, -0.05) is 70.6 Å². The molecule has 2 heterocycles. The van der Waals surface area contributed by atoms with Crippen molar-refractivity contribution in [3.63, 3.8) is 0 Å². The molecule has 0 amide bonds. The van der Waals surface area contributed by atoms with Crippen LogP contribution in [0, 0.1) is 64.6 Å². The van der Waals surface area contributed by atoms with Gasteiger partial charge >= 0.3 is 13.5 Å². The third-order valence-corrected chi connectivity index (χ3v) is 15.8. The highest BCUT2D eigenvalue weighted by molar-refractivity contribution is 7.48. The minimum Gasteiger partial charge on any atom is -0.352 e. The Bertz CT molecular complexity index is 1800. The molecule has 298 valence electrons. The highest BCUT2D eigenvalue weighted by atomic mass is 31.2. The predicted octanol–water partition coefficient (Wildman–Crippen LogP) is 9.29. The lowest BCUT2D eigenvalue weighted by atomic mass is 9.47. The maximum Gasteiger partial charge on any atom is 0.475 e. The van der Waals surface area contributed by atoms with E-state index < -0.39 is 43.5 Å². The summed E-state index contributed by atoms with van der Waals surface area (Å²) in [5.74, 6) is 4.45. The van der Waals surface area contributed by atoms with Gasteiger partial charge in [0, 0.05) is 23.1 Å². The first-order chi connectivity index (χ1) is 25.7. The average Bonchev–Trinajstić information content (AvgIpc) is 3.69. The van der Waals surface area contributed by atoms with E-state index in [-0.39, 0.29) is 31.5 Å². The molecule has 1 saturated heterocycles. The maximum atomic E-state index is 14.2. The summed E-state index contributed by atoms with van der Waals surface area (Å²) in [4.78, 5) is 29.7. The summed E-state index contributed by atoms with van der Waals surface area (Å²) in [6.45, 7) is 13.4. The summed E-state index contributed by atoms with van der Waals surface area (Å²) in [7, 11) is -4.19. The van der Waals surface area contributed by atoms with Crippen molar-refractivity contribution in [2.24, 2.45) is 51.5 Å². The first-order valence-electron chi connectivity index (χ1n) is 20.4. The number of rotatable bonds is 15. The number of nitriles is 1. The number of H-pyrrole nitrogens is 1. The van der Waals surface area contributed by atoms with Gasteiger partial charge in [0.15, 0.2) is 0 Å². The number of nitrogens with zero attached hydrogens (tertiary/aromatic N) is 5. The second-order valence-electron chi connectivity index (χ2n) is 17.9. The Labute approximate surface area is 319 Å². The molecule has 0 radical (unpaired) electrons. The third-order valence-electron chi connectivity index (χ3n) is 14.3. The van der Waals surface area contributed by atoms with Crippen molar-refractivity contribution in [3.8, 4) is 6.07 Å². The molecule has 1 aromatic heterocycles. The Morgan fingerprint density at radius 3 is 2.69 bits per heavy atom. The van der Waals surface area contributed by atoms with E-state index in [9.17, 15) is 24.9 Å². The normalized spacial score (nSPS) is 36.2. The molecule has 0 aromatic carbocycles. The summed E-state index contributed by atoms with van der Waals surface area (Å²) in [6.07, 6.45) is 14.5. The van der Waals surface area contributed by atoms with Crippen LogP contribution < -0.4 is 11.2 Å². The van der Waals surface area contributed by atoms with Crippen LogP contribution in [0.5, 0.6) is 0 Å². The van der Waals surface area contributed by atoms with E-state index in [1.54, 1.807) is 6.92 Å². The van der Waals surface area contributed by atoms with Gasteiger partial charge in [0.25, 0.3) is 5.56 Å². The van der Waals surface area contributed by atoms with Gasteiger partial charge in [0.2, 0.25) is 0 Å². The second-order valence-corrected chi connectivity index (χ2v) is 19.5. The smallest absolute Gasteiger partial charge is 0.352 e. The molecule has 14 heteroatoms. The van der Waals surface area contributed by atoms with Crippen LogP contribution in [0.15, 0.2) is 32.5 Å². The molecule has 0 spiro atoms. The standard InChI is InChI=1S/C40H61N6O7P/c1-25(2)9-7-10-26(3)31-13-14-32-30-12-11-28-21-29(15-17-39(28,5)33(30)16-18-40(31,32)6)53-54(49,50-20-8-19-41)51-24-35-34(44-45-42)22-36(52-35)46-23-27(4)37(47)43-38(46)48/h11,23,25-26,29-36H,7-10,12-18,20-22,24H2,1-6H3,(H,43,47,48)/t26-,29+,30+,31-,32+,33+,34+,35-,36-,39+,40-,54?/m1/s1. The van der Waals surface area contributed by atoms with Crippen LogP contribution >= 0.6 is 7.82 Å². The number of aromatic amines is 1. The third kappa shape index (κ3) is 8.36. The molecule has 6 rings (SSSR count). The number of phosphoric ester groups is 1. The molecule has 1 aliphatic heterocycles. The van der Waals surface area contributed by atoms with Gasteiger partial charge in [-0.25, -0.2) is 9.36 Å². The van der Waals surface area contributed by atoms with E-state index in [4.69, 9.17) is 18.3 Å². The average molecular weight is 769 g/mol. The largest absolute Gasteiger partial charge is 0.475 e. The number of aromatic nitrogens is 2. The van der Waals surface area contributed by atoms with Crippen molar-refractivity contribution < 1.29 is 22.9 Å². The molecule has 1 N–H and O–H groups in total. The number of azide groups is 1. The summed E-state index contributed by atoms with van der Waals surface area (Å²) >= 11 is 0. The number of ether oxygens (including phenoxy) is 1. The van der Waals surface area contributed by atoms with Crippen LogP contribution in [0.3, 0.4) is 0 Å². The van der Waals surface area contributed by atoms with E-state index in [2.05, 4.69) is 55.7 Å². The highest BCUT2D eigenvalue weighted by Gasteiger charge is 2.59. The van der Waals surface area contributed by atoms with Crippen molar-refractivity contribution in [3.05, 3.63) is 54.7 Å². The van der Waals surface area contributed by atoms with Gasteiger partial charge in [-0.2, -0.15) is 5.26 Å². The maximum absolute atomic E-state index is 14.2. The number of hydrogen-bond acceptors (Lipinski definition) is 9. The van der Waals surface area contributed by atoms with Gasteiger partial charge in [-0.05, 0) is 110 Å². The first kappa shape index (κ1) is 40.9. The van der Waals surface area contributed by atoms with Gasteiger partial charge in [0.05, 0.1) is 44.0 Å². The molecule has 1 unspecified atom stereocenters. The van der Waals surface area contributed by atoms with Crippen LogP contribution in [0.1, 0.15) is 130 Å². The van der Waals surface area contributed by atoms with Gasteiger partial charge in [-0.3, -0.25) is 27.9 Å². The number of aryl methyl sites for hydroxylation is 1. The summed E-state index contributed by atoms with van der Waals surface area (Å²) in [5, 5.41) is 13.0. The van der Waals surface area contributed by atoms with E-state index in [1.165, 1.54) is 61.3 Å². The Kier molecular flexibility index (Phi) is 12.7. The lowest BCUT2D eigenvalue weighted by Crippen LogP contribution is -2.51. The van der Waals surface area contributed by atoms with Crippen molar-refractivity contribution in [1.82, 2.24) is 9.55 Å². The lowest BCUT2D eigenvalue weighted by Gasteiger charge is -2.58. The SMILES string of the molecule is Cc1cn([C@H]2C[C@H](N=[N+]=[N-])[C@@H](COP(=O)(OCCC#N)O[C@H]3CC[C@@]4(C)C(=CC[C@H]5[C@@H]6CC[C@H]([C@H](C)CCCC(C)C)[C@@]6(C)CC[C@@H]54)C3)O2)c(=O)[nH]c1=O. The summed E-state index contributed by atoms with van der Waals surface area (Å²) < 4.78 is 39.4. The predicted molar refractivity (Wildman–Crippen MR) is 205 cm³/mol. The summed E-state index contributed by atoms with van der Waals surface area (Å²) in [6, 6.07) is 1.26. The fourth-order valence-electron chi connectivity index (χ4n) is 11.4. The summed E-state index contributed by atoms with van der Waals surface area (Å²) in [5.41, 5.74) is 10.3. The molecule has 54 heavy (non-hydrogen) atoms. The van der Waals surface area contributed by atoms with Crippen LogP contribution in [0.4, 0.5) is 0 Å². The Morgan fingerprint density at radius 2 is 1.94 bits per heavy atom. The Balaban J connectivity index is 1.12. The molecule has 3 saturated carbocycles. The Morgan fingerprint density at radius 1 is 1.15 bits per heavy atom. The van der Waals surface area contributed by atoms with E-state index >= 15 is 0 Å². The van der Waals surface area contributed by atoms with Crippen molar-refractivity contribution in [2.45, 2.75) is 149 Å². The molecular formula is C40H61N6O7P. The minimum atomic E-state index is -4.19. The monoisotopic (exact) mass is 768 g/mol. The molecule has 1 aromatic rings. The van der Waals surface area contributed by atoms with Gasteiger partial charge < -0.3 is 4.74 Å². The molecule has 13 nitrogen and oxygen atoms in total. The van der Waals surface area contributed by atoms with Gasteiger partial charge in [-0.15, -0.1) is 0 Å². The zero-order valence-electron chi connectivity index (χ0n) is 33.1. The number of phosphoric acid groups is 1. The number of hydrogen-bond donors (Lipinski definition) is 1. The molecule has 4 aliphatic carbocycles. The van der Waals surface area contributed by atoms with Crippen LogP contribution in [-0.2, 0) is 22.9 Å². The Hall–Kier alpha value is -2.71. The lowest BCUT2D eigenvalue weighted by molar-refractivity contribution is -0.0595. The fraction of sp³-hybridized carbons (Fsp3) is 0.825. The quantitative estimate of drug-likeness (QED) is 0.0457. The fourth-order valence-corrected chi connectivity index (χ4v) is 12.8. The first-order valence-corrected chi connectivity index (χ1v) is 21.8.